The van der Waals surface area contributed by atoms with Crippen molar-refractivity contribution in [1.82, 2.24) is 15.5 Å². The van der Waals surface area contributed by atoms with E-state index in [2.05, 4.69) is 52.8 Å². The highest BCUT2D eigenvalue weighted by Crippen LogP contribution is 2.24. The van der Waals surface area contributed by atoms with Crippen LogP contribution in [0.15, 0.2) is 52.1 Å². The molecule has 0 amide bonds. The maximum Gasteiger partial charge on any atom is 0.191 e. The van der Waals surface area contributed by atoms with E-state index in [0.29, 0.717) is 19.8 Å². The van der Waals surface area contributed by atoms with Crippen LogP contribution in [0, 0.1) is 0 Å². The minimum atomic E-state index is 0.224. The van der Waals surface area contributed by atoms with Crippen LogP contribution in [-0.2, 0) is 17.9 Å². The molecule has 0 saturated carbocycles. The molecule has 0 aliphatic carbocycles. The first-order valence-electron chi connectivity index (χ1n) is 10.8. The van der Waals surface area contributed by atoms with Crippen molar-refractivity contribution < 1.29 is 9.15 Å². The summed E-state index contributed by atoms with van der Waals surface area (Å²) >= 11 is 0. The zero-order chi connectivity index (χ0) is 20.3. The standard InChI is InChI=1S/C23H34N4O2/c1-3-24-23(25-16-19-10-5-6-11-20(19)18-28-4-2)26-17-21(22-12-9-15-29-22)27-13-7-8-14-27/h5-6,9-12,15,21H,3-4,7-8,13-14,16-18H2,1-2H3,(H2,24,25,26). The molecule has 29 heavy (non-hydrogen) atoms. The molecule has 1 aromatic carbocycles. The van der Waals surface area contributed by atoms with Gasteiger partial charge >= 0.3 is 0 Å². The van der Waals surface area contributed by atoms with E-state index in [-0.39, 0.29) is 6.04 Å². The van der Waals surface area contributed by atoms with Gasteiger partial charge in [0, 0.05) is 19.7 Å². The summed E-state index contributed by atoms with van der Waals surface area (Å²) in [5.74, 6) is 1.84. The second-order valence-corrected chi connectivity index (χ2v) is 7.26. The van der Waals surface area contributed by atoms with E-state index in [0.717, 1.165) is 37.9 Å². The highest BCUT2D eigenvalue weighted by atomic mass is 16.5. The van der Waals surface area contributed by atoms with Crippen molar-refractivity contribution >= 4 is 5.96 Å². The number of nitrogens with one attached hydrogen (secondary N) is 2. The number of nitrogens with zero attached hydrogens (tertiary/aromatic N) is 2. The lowest BCUT2D eigenvalue weighted by molar-refractivity contribution is 0.133. The monoisotopic (exact) mass is 398 g/mol. The zero-order valence-electron chi connectivity index (χ0n) is 17.7. The van der Waals surface area contributed by atoms with Crippen molar-refractivity contribution in [2.24, 2.45) is 4.99 Å². The van der Waals surface area contributed by atoms with Gasteiger partial charge in [-0.25, -0.2) is 4.99 Å². The van der Waals surface area contributed by atoms with Gasteiger partial charge in [-0.05, 0) is 63.0 Å². The first kappa shape index (κ1) is 21.4. The Kier molecular flexibility index (Phi) is 8.58. The predicted molar refractivity (Wildman–Crippen MR) is 117 cm³/mol. The molecule has 1 unspecified atom stereocenters. The van der Waals surface area contributed by atoms with Crippen LogP contribution < -0.4 is 10.6 Å². The topological polar surface area (TPSA) is 62.0 Å². The molecule has 1 saturated heterocycles. The van der Waals surface area contributed by atoms with Crippen LogP contribution >= 0.6 is 0 Å². The smallest absolute Gasteiger partial charge is 0.191 e. The molecule has 0 spiro atoms. The van der Waals surface area contributed by atoms with Crippen molar-refractivity contribution in [1.29, 1.82) is 0 Å². The molecule has 6 nitrogen and oxygen atoms in total. The molecule has 2 aromatic rings. The van der Waals surface area contributed by atoms with Gasteiger partial charge in [0.1, 0.15) is 5.76 Å². The number of hydrogen-bond donors (Lipinski definition) is 2. The van der Waals surface area contributed by atoms with Crippen LogP contribution in [0.1, 0.15) is 49.6 Å². The van der Waals surface area contributed by atoms with Gasteiger partial charge in [-0.15, -0.1) is 0 Å². The molecule has 1 atom stereocenters. The largest absolute Gasteiger partial charge is 0.468 e. The number of guanidine groups is 1. The number of rotatable bonds is 10. The lowest BCUT2D eigenvalue weighted by atomic mass is 10.1. The first-order valence-corrected chi connectivity index (χ1v) is 10.8. The second-order valence-electron chi connectivity index (χ2n) is 7.26. The van der Waals surface area contributed by atoms with E-state index >= 15 is 0 Å². The fraction of sp³-hybridized carbons (Fsp3) is 0.522. The van der Waals surface area contributed by atoms with E-state index < -0.39 is 0 Å². The van der Waals surface area contributed by atoms with Gasteiger partial charge in [0.05, 0.1) is 25.5 Å². The third kappa shape index (κ3) is 6.34. The SMILES string of the molecule is CCNC(=NCc1ccccc1COCC)NCC(c1ccco1)N1CCCC1. The third-order valence-corrected chi connectivity index (χ3v) is 5.25. The Morgan fingerprint density at radius 2 is 1.90 bits per heavy atom. The fourth-order valence-electron chi connectivity index (χ4n) is 3.71. The number of aliphatic imine (C=N–C) groups is 1. The predicted octanol–water partition coefficient (Wildman–Crippen LogP) is 3.71. The van der Waals surface area contributed by atoms with Gasteiger partial charge in [-0.3, -0.25) is 4.90 Å². The van der Waals surface area contributed by atoms with E-state index in [1.54, 1.807) is 6.26 Å². The van der Waals surface area contributed by atoms with Crippen LogP contribution in [-0.4, -0.2) is 43.6 Å². The van der Waals surface area contributed by atoms with Crippen molar-refractivity contribution in [3.8, 4) is 0 Å². The fourth-order valence-corrected chi connectivity index (χ4v) is 3.71. The average Bonchev–Trinajstić information content (AvgIpc) is 3.46. The number of hydrogen-bond acceptors (Lipinski definition) is 4. The lowest BCUT2D eigenvalue weighted by Crippen LogP contribution is -2.42. The lowest BCUT2D eigenvalue weighted by Gasteiger charge is -2.26. The Morgan fingerprint density at radius 3 is 2.59 bits per heavy atom. The molecule has 1 aromatic heterocycles. The normalized spacial score (nSPS) is 16.1. The van der Waals surface area contributed by atoms with Gasteiger partial charge in [0.15, 0.2) is 5.96 Å². The molecule has 158 valence electrons. The van der Waals surface area contributed by atoms with Crippen molar-refractivity contribution in [2.75, 3.05) is 32.8 Å². The molecule has 1 aliphatic rings. The summed E-state index contributed by atoms with van der Waals surface area (Å²) < 4.78 is 11.3. The molecule has 2 heterocycles. The highest BCUT2D eigenvalue weighted by Gasteiger charge is 2.25. The summed E-state index contributed by atoms with van der Waals surface area (Å²) in [7, 11) is 0. The Morgan fingerprint density at radius 1 is 1.10 bits per heavy atom. The third-order valence-electron chi connectivity index (χ3n) is 5.25. The quantitative estimate of drug-likeness (QED) is 0.472. The molecule has 2 N–H and O–H groups in total. The Bertz CT molecular complexity index is 739. The van der Waals surface area contributed by atoms with E-state index in [4.69, 9.17) is 14.1 Å². The Hall–Kier alpha value is -2.31. The summed E-state index contributed by atoms with van der Waals surface area (Å²) in [5, 5.41) is 6.89. The van der Waals surface area contributed by atoms with Crippen LogP contribution in [0.4, 0.5) is 0 Å². The zero-order valence-corrected chi connectivity index (χ0v) is 17.7. The maximum atomic E-state index is 5.73. The summed E-state index contributed by atoms with van der Waals surface area (Å²) in [6, 6.07) is 12.6. The molecule has 1 fully saturated rings. The van der Waals surface area contributed by atoms with Gasteiger partial charge < -0.3 is 19.8 Å². The molecule has 0 radical (unpaired) electrons. The van der Waals surface area contributed by atoms with Crippen LogP contribution in [0.25, 0.3) is 0 Å². The molecule has 3 rings (SSSR count). The van der Waals surface area contributed by atoms with Crippen LogP contribution in [0.5, 0.6) is 0 Å². The van der Waals surface area contributed by atoms with Gasteiger partial charge in [0.25, 0.3) is 0 Å². The molecule has 6 heteroatoms. The van der Waals surface area contributed by atoms with Gasteiger partial charge in [0.2, 0.25) is 0 Å². The van der Waals surface area contributed by atoms with E-state index in [1.807, 2.05) is 13.0 Å². The minimum absolute atomic E-state index is 0.224. The highest BCUT2D eigenvalue weighted by molar-refractivity contribution is 5.79. The summed E-state index contributed by atoms with van der Waals surface area (Å²) in [4.78, 5) is 7.31. The number of furan rings is 1. The number of ether oxygens (including phenoxy) is 1. The molecular weight excluding hydrogens is 364 g/mol. The summed E-state index contributed by atoms with van der Waals surface area (Å²) in [6.07, 6.45) is 4.26. The average molecular weight is 399 g/mol. The molecular formula is C23H34N4O2. The van der Waals surface area contributed by atoms with E-state index in [9.17, 15) is 0 Å². The maximum absolute atomic E-state index is 5.73. The van der Waals surface area contributed by atoms with Gasteiger partial charge in [-0.1, -0.05) is 24.3 Å². The summed E-state index contributed by atoms with van der Waals surface area (Å²) in [5.41, 5.74) is 2.39. The Labute approximate surface area is 174 Å². The first-order chi connectivity index (χ1) is 14.3. The van der Waals surface area contributed by atoms with E-state index in [1.165, 1.54) is 24.0 Å². The van der Waals surface area contributed by atoms with Gasteiger partial charge in [-0.2, -0.15) is 0 Å². The Balaban J connectivity index is 1.66. The molecule has 0 bridgehead atoms. The van der Waals surface area contributed by atoms with Crippen molar-refractivity contribution in [3.63, 3.8) is 0 Å². The van der Waals surface area contributed by atoms with Crippen molar-refractivity contribution in [2.45, 2.75) is 45.9 Å². The second kappa shape index (κ2) is 11.6. The molecule has 1 aliphatic heterocycles. The minimum Gasteiger partial charge on any atom is -0.468 e. The van der Waals surface area contributed by atoms with Crippen LogP contribution in [0.3, 0.4) is 0 Å². The number of benzene rings is 1. The van der Waals surface area contributed by atoms with Crippen molar-refractivity contribution in [3.05, 3.63) is 59.5 Å². The van der Waals surface area contributed by atoms with Crippen LogP contribution in [0.2, 0.25) is 0 Å². The number of likely N-dealkylation sites (tertiary alicyclic amines) is 1. The summed E-state index contributed by atoms with van der Waals surface area (Å²) in [6.45, 7) is 9.88.